The molecule has 0 aliphatic heterocycles. The van der Waals surface area contributed by atoms with Gasteiger partial charge in [-0.2, -0.15) is 22.0 Å². The van der Waals surface area contributed by atoms with E-state index in [1.807, 2.05) is 0 Å². The quantitative estimate of drug-likeness (QED) is 0.794. The van der Waals surface area contributed by atoms with E-state index in [0.29, 0.717) is 0 Å². The van der Waals surface area contributed by atoms with Gasteiger partial charge in [0.15, 0.2) is 0 Å². The Balaban J connectivity index is 3.02. The van der Waals surface area contributed by atoms with Gasteiger partial charge in [0.1, 0.15) is 11.9 Å². The third kappa shape index (κ3) is 2.29. The number of halogens is 6. The van der Waals surface area contributed by atoms with Gasteiger partial charge in [-0.15, -0.1) is 0 Å². The van der Waals surface area contributed by atoms with Gasteiger partial charge in [0.25, 0.3) is 0 Å². The summed E-state index contributed by atoms with van der Waals surface area (Å²) in [5, 5.41) is 0. The zero-order valence-corrected chi connectivity index (χ0v) is 7.73. The molecular formula is C9H7F6N. The van der Waals surface area contributed by atoms with Crippen LogP contribution in [-0.4, -0.2) is 12.1 Å². The van der Waals surface area contributed by atoms with Crippen molar-refractivity contribution < 1.29 is 26.3 Å². The number of alkyl halides is 5. The SMILES string of the molecule is NC(c1ccc(F)cc1)C(F)(F)C(F)(F)F. The highest BCUT2D eigenvalue weighted by atomic mass is 19.4. The maximum absolute atomic E-state index is 12.8. The van der Waals surface area contributed by atoms with Crippen molar-refractivity contribution in [3.8, 4) is 0 Å². The monoisotopic (exact) mass is 243 g/mol. The van der Waals surface area contributed by atoms with Crippen LogP contribution in [0.1, 0.15) is 11.6 Å². The second kappa shape index (κ2) is 3.97. The standard InChI is InChI=1S/C9H7F6N/c10-6-3-1-5(2-4-6)7(16)8(11,12)9(13,14)15/h1-4,7H,16H2. The summed E-state index contributed by atoms with van der Waals surface area (Å²) in [7, 11) is 0. The molecule has 1 aromatic rings. The van der Waals surface area contributed by atoms with E-state index < -0.39 is 29.5 Å². The van der Waals surface area contributed by atoms with E-state index in [2.05, 4.69) is 0 Å². The first kappa shape index (κ1) is 12.8. The molecule has 7 heteroatoms. The van der Waals surface area contributed by atoms with Crippen LogP contribution < -0.4 is 5.73 Å². The molecule has 1 rings (SSSR count). The molecule has 1 aromatic carbocycles. The Kier molecular flexibility index (Phi) is 3.18. The Bertz CT molecular complexity index is 355. The molecule has 0 fully saturated rings. The molecule has 1 unspecified atom stereocenters. The summed E-state index contributed by atoms with van der Waals surface area (Å²) in [6.07, 6.45) is -5.74. The topological polar surface area (TPSA) is 26.0 Å². The largest absolute Gasteiger partial charge is 0.455 e. The van der Waals surface area contributed by atoms with Crippen molar-refractivity contribution in [1.82, 2.24) is 0 Å². The molecule has 0 aromatic heterocycles. The van der Waals surface area contributed by atoms with Gasteiger partial charge in [-0.25, -0.2) is 4.39 Å². The lowest BCUT2D eigenvalue weighted by Gasteiger charge is -2.25. The lowest BCUT2D eigenvalue weighted by molar-refractivity contribution is -0.291. The van der Waals surface area contributed by atoms with Crippen LogP contribution in [-0.2, 0) is 0 Å². The molecule has 0 radical (unpaired) electrons. The lowest BCUT2D eigenvalue weighted by Crippen LogP contribution is -2.45. The summed E-state index contributed by atoms with van der Waals surface area (Å²) in [4.78, 5) is 0. The fourth-order valence-electron chi connectivity index (χ4n) is 1.06. The van der Waals surface area contributed by atoms with Crippen LogP contribution in [0.2, 0.25) is 0 Å². The average molecular weight is 243 g/mol. The molecule has 1 nitrogen and oxygen atoms in total. The van der Waals surface area contributed by atoms with Crippen molar-refractivity contribution in [2.45, 2.75) is 18.1 Å². The van der Waals surface area contributed by atoms with E-state index >= 15 is 0 Å². The van der Waals surface area contributed by atoms with E-state index in [-0.39, 0.29) is 0 Å². The van der Waals surface area contributed by atoms with E-state index in [4.69, 9.17) is 5.73 Å². The van der Waals surface area contributed by atoms with Crippen molar-refractivity contribution in [3.63, 3.8) is 0 Å². The number of hydrogen-bond donors (Lipinski definition) is 1. The third-order valence-electron chi connectivity index (χ3n) is 2.00. The molecule has 0 saturated carbocycles. The smallest absolute Gasteiger partial charge is 0.319 e. The average Bonchev–Trinajstić information content (AvgIpc) is 2.16. The van der Waals surface area contributed by atoms with Crippen molar-refractivity contribution in [1.29, 1.82) is 0 Å². The molecular weight excluding hydrogens is 236 g/mol. The highest BCUT2D eigenvalue weighted by molar-refractivity contribution is 5.22. The number of nitrogens with two attached hydrogens (primary N) is 1. The lowest BCUT2D eigenvalue weighted by atomic mass is 10.0. The first-order valence-corrected chi connectivity index (χ1v) is 4.12. The first-order valence-electron chi connectivity index (χ1n) is 4.12. The van der Waals surface area contributed by atoms with Gasteiger partial charge < -0.3 is 5.73 Å². The van der Waals surface area contributed by atoms with Crippen molar-refractivity contribution in [3.05, 3.63) is 35.6 Å². The highest BCUT2D eigenvalue weighted by Crippen LogP contribution is 2.43. The molecule has 0 amide bonds. The van der Waals surface area contributed by atoms with Crippen molar-refractivity contribution in [2.75, 3.05) is 0 Å². The second-order valence-corrected chi connectivity index (χ2v) is 3.15. The third-order valence-corrected chi connectivity index (χ3v) is 2.00. The van der Waals surface area contributed by atoms with Gasteiger partial charge in [0.05, 0.1) is 0 Å². The summed E-state index contributed by atoms with van der Waals surface area (Å²) >= 11 is 0. The molecule has 0 aliphatic rings. The molecule has 1 atom stereocenters. The van der Waals surface area contributed by atoms with Crippen LogP contribution in [0.4, 0.5) is 26.3 Å². The minimum absolute atomic E-state index is 0.483. The Morgan fingerprint density at radius 2 is 1.38 bits per heavy atom. The minimum atomic E-state index is -5.74. The zero-order chi connectivity index (χ0) is 12.6. The molecule has 0 spiro atoms. The fourth-order valence-corrected chi connectivity index (χ4v) is 1.06. The Morgan fingerprint density at radius 3 is 1.75 bits per heavy atom. The van der Waals surface area contributed by atoms with Crippen molar-refractivity contribution in [2.24, 2.45) is 5.73 Å². The zero-order valence-electron chi connectivity index (χ0n) is 7.73. The molecule has 90 valence electrons. The maximum atomic E-state index is 12.8. The number of benzene rings is 1. The Morgan fingerprint density at radius 1 is 0.938 bits per heavy atom. The highest BCUT2D eigenvalue weighted by Gasteiger charge is 2.61. The van der Waals surface area contributed by atoms with Gasteiger partial charge in [-0.05, 0) is 17.7 Å². The van der Waals surface area contributed by atoms with Gasteiger partial charge in [-0.1, -0.05) is 12.1 Å². The Hall–Kier alpha value is -1.24. The van der Waals surface area contributed by atoms with E-state index in [1.54, 1.807) is 0 Å². The van der Waals surface area contributed by atoms with E-state index in [9.17, 15) is 26.3 Å². The summed E-state index contributed by atoms with van der Waals surface area (Å²) in [5.74, 6) is -5.79. The second-order valence-electron chi connectivity index (χ2n) is 3.15. The predicted molar refractivity (Wildman–Crippen MR) is 44.3 cm³/mol. The molecule has 16 heavy (non-hydrogen) atoms. The summed E-state index contributed by atoms with van der Waals surface area (Å²) in [6.45, 7) is 0. The number of hydrogen-bond acceptors (Lipinski definition) is 1. The van der Waals surface area contributed by atoms with E-state index in [1.165, 1.54) is 0 Å². The van der Waals surface area contributed by atoms with Crippen molar-refractivity contribution >= 4 is 0 Å². The molecule has 0 saturated heterocycles. The van der Waals surface area contributed by atoms with Gasteiger partial charge in [0.2, 0.25) is 0 Å². The van der Waals surface area contributed by atoms with Crippen LogP contribution in [0.3, 0.4) is 0 Å². The normalized spacial score (nSPS) is 14.9. The first-order chi connectivity index (χ1) is 7.16. The Labute approximate surface area is 86.9 Å². The summed E-state index contributed by atoms with van der Waals surface area (Å²) < 4.78 is 73.8. The van der Waals surface area contributed by atoms with Crippen LogP contribution in [0.15, 0.2) is 24.3 Å². The predicted octanol–water partition coefficient (Wildman–Crippen LogP) is 3.02. The van der Waals surface area contributed by atoms with Gasteiger partial charge in [-0.3, -0.25) is 0 Å². The summed E-state index contributed by atoms with van der Waals surface area (Å²) in [6, 6.07) is 0.566. The molecule has 0 heterocycles. The van der Waals surface area contributed by atoms with Crippen LogP contribution in [0.25, 0.3) is 0 Å². The van der Waals surface area contributed by atoms with E-state index in [0.717, 1.165) is 24.3 Å². The van der Waals surface area contributed by atoms with Gasteiger partial charge in [0, 0.05) is 0 Å². The molecule has 0 aliphatic carbocycles. The maximum Gasteiger partial charge on any atom is 0.455 e. The summed E-state index contributed by atoms with van der Waals surface area (Å²) in [5.41, 5.74) is 4.33. The van der Waals surface area contributed by atoms with Crippen LogP contribution in [0.5, 0.6) is 0 Å². The van der Waals surface area contributed by atoms with Gasteiger partial charge >= 0.3 is 12.1 Å². The molecule has 0 bridgehead atoms. The fraction of sp³-hybridized carbons (Fsp3) is 0.333. The van der Waals surface area contributed by atoms with Crippen LogP contribution in [0, 0.1) is 5.82 Å². The van der Waals surface area contributed by atoms with Crippen LogP contribution >= 0.6 is 0 Å². The minimum Gasteiger partial charge on any atom is -0.319 e. The number of rotatable bonds is 2. The molecule has 2 N–H and O–H groups in total.